The van der Waals surface area contributed by atoms with E-state index in [0.717, 1.165) is 4.88 Å². The molecule has 0 atom stereocenters. The average Bonchev–Trinajstić information content (AvgIpc) is 2.90. The predicted molar refractivity (Wildman–Crippen MR) is 91.6 cm³/mol. The Bertz CT molecular complexity index is 847. The molecule has 0 saturated carbocycles. The zero-order valence-corrected chi connectivity index (χ0v) is 14.6. The van der Waals surface area contributed by atoms with Crippen LogP contribution in [0.1, 0.15) is 15.2 Å². The summed E-state index contributed by atoms with van der Waals surface area (Å²) in [5, 5.41) is 3.09. The minimum atomic E-state index is -3.82. The second-order valence-electron chi connectivity index (χ2n) is 4.52. The molecule has 2 aromatic rings. The van der Waals surface area contributed by atoms with Gasteiger partial charge in [0.25, 0.3) is 5.91 Å². The normalized spacial score (nSPS) is 11.2. The monoisotopic (exact) mass is 371 g/mol. The van der Waals surface area contributed by atoms with E-state index in [1.807, 2.05) is 6.92 Å². The number of amides is 1. The maximum Gasteiger partial charge on any atom is 0.257 e. The van der Waals surface area contributed by atoms with Crippen molar-refractivity contribution in [2.24, 2.45) is 0 Å². The van der Waals surface area contributed by atoms with Crippen LogP contribution in [0.2, 0.25) is 5.02 Å². The molecule has 0 aliphatic rings. The van der Waals surface area contributed by atoms with E-state index < -0.39 is 15.9 Å². The van der Waals surface area contributed by atoms with E-state index in [1.54, 1.807) is 6.20 Å². The molecule has 1 amide bonds. The molecule has 9 heteroatoms. The summed E-state index contributed by atoms with van der Waals surface area (Å²) in [6.07, 6.45) is 3.05. The van der Waals surface area contributed by atoms with Gasteiger partial charge in [0.1, 0.15) is 4.90 Å². The van der Waals surface area contributed by atoms with Crippen LogP contribution in [-0.2, 0) is 10.0 Å². The van der Waals surface area contributed by atoms with Gasteiger partial charge in [0.05, 0.1) is 5.02 Å². The minimum absolute atomic E-state index is 0.0307. The number of carbonyl (C=O) groups is 1. The standard InChI is InChI=1S/C14H14ClN3O3S2/c1-3-6-17-23(20,21)12-7-10(4-5-11(12)15)13(19)18-14-16-8-9(2)22-14/h3-5,7-8,17H,1,6H2,2H3,(H,16,18,19). The van der Waals surface area contributed by atoms with Gasteiger partial charge in [-0.05, 0) is 25.1 Å². The second kappa shape index (κ2) is 7.22. The van der Waals surface area contributed by atoms with Crippen molar-refractivity contribution in [2.75, 3.05) is 11.9 Å². The molecule has 122 valence electrons. The van der Waals surface area contributed by atoms with Gasteiger partial charge in [0.15, 0.2) is 5.13 Å². The number of nitrogens with zero attached hydrogens (tertiary/aromatic N) is 1. The van der Waals surface area contributed by atoms with Crippen molar-refractivity contribution in [1.29, 1.82) is 0 Å². The fourth-order valence-electron chi connectivity index (χ4n) is 1.68. The van der Waals surface area contributed by atoms with Gasteiger partial charge in [-0.3, -0.25) is 10.1 Å². The van der Waals surface area contributed by atoms with E-state index in [0.29, 0.717) is 5.13 Å². The summed E-state index contributed by atoms with van der Waals surface area (Å²) in [6.45, 7) is 5.37. The number of aryl methyl sites for hydroxylation is 1. The Morgan fingerprint density at radius 2 is 2.22 bits per heavy atom. The maximum atomic E-state index is 12.2. The minimum Gasteiger partial charge on any atom is -0.298 e. The zero-order valence-electron chi connectivity index (χ0n) is 12.2. The first-order chi connectivity index (χ1) is 10.8. The summed E-state index contributed by atoms with van der Waals surface area (Å²) in [6, 6.07) is 4.04. The van der Waals surface area contributed by atoms with Gasteiger partial charge in [-0.1, -0.05) is 17.7 Å². The lowest BCUT2D eigenvalue weighted by Gasteiger charge is -2.09. The van der Waals surface area contributed by atoms with Crippen LogP contribution in [0, 0.1) is 6.92 Å². The molecule has 6 nitrogen and oxygen atoms in total. The topological polar surface area (TPSA) is 88.2 Å². The molecule has 0 aliphatic heterocycles. The van der Waals surface area contributed by atoms with Crippen LogP contribution in [0.5, 0.6) is 0 Å². The number of thiazole rings is 1. The van der Waals surface area contributed by atoms with Crippen LogP contribution in [-0.4, -0.2) is 25.9 Å². The summed E-state index contributed by atoms with van der Waals surface area (Å²) in [4.78, 5) is 17.0. The van der Waals surface area contributed by atoms with Gasteiger partial charge >= 0.3 is 0 Å². The number of halogens is 1. The molecule has 1 aromatic carbocycles. The number of hydrogen-bond donors (Lipinski definition) is 2. The van der Waals surface area contributed by atoms with E-state index in [4.69, 9.17) is 11.6 Å². The van der Waals surface area contributed by atoms with Crippen LogP contribution in [0.3, 0.4) is 0 Å². The van der Waals surface area contributed by atoms with E-state index in [9.17, 15) is 13.2 Å². The number of sulfonamides is 1. The lowest BCUT2D eigenvalue weighted by atomic mass is 10.2. The fourth-order valence-corrected chi connectivity index (χ4v) is 3.86. The molecule has 0 radical (unpaired) electrons. The number of carbonyl (C=O) groups excluding carboxylic acids is 1. The van der Waals surface area contributed by atoms with Crippen molar-refractivity contribution in [3.63, 3.8) is 0 Å². The molecule has 0 saturated heterocycles. The first-order valence-corrected chi connectivity index (χ1v) is 9.15. The number of hydrogen-bond acceptors (Lipinski definition) is 5. The highest BCUT2D eigenvalue weighted by molar-refractivity contribution is 7.89. The lowest BCUT2D eigenvalue weighted by Crippen LogP contribution is -2.24. The van der Waals surface area contributed by atoms with Crippen molar-refractivity contribution in [1.82, 2.24) is 9.71 Å². The van der Waals surface area contributed by atoms with Crippen molar-refractivity contribution in [3.05, 3.63) is 52.5 Å². The van der Waals surface area contributed by atoms with Gasteiger partial charge in [0, 0.05) is 23.2 Å². The van der Waals surface area contributed by atoms with E-state index >= 15 is 0 Å². The number of benzene rings is 1. The molecular formula is C14H14ClN3O3S2. The lowest BCUT2D eigenvalue weighted by molar-refractivity contribution is 0.102. The van der Waals surface area contributed by atoms with E-state index in [2.05, 4.69) is 21.6 Å². The molecule has 0 aliphatic carbocycles. The number of rotatable bonds is 6. The van der Waals surface area contributed by atoms with Crippen LogP contribution in [0.15, 0.2) is 41.9 Å². The number of aromatic nitrogens is 1. The van der Waals surface area contributed by atoms with E-state index in [1.165, 1.54) is 35.6 Å². The molecule has 23 heavy (non-hydrogen) atoms. The molecule has 1 aromatic heterocycles. The van der Waals surface area contributed by atoms with Crippen LogP contribution in [0.4, 0.5) is 5.13 Å². The fraction of sp³-hybridized carbons (Fsp3) is 0.143. The highest BCUT2D eigenvalue weighted by atomic mass is 35.5. The SMILES string of the molecule is C=CCNS(=O)(=O)c1cc(C(=O)Nc2ncc(C)s2)ccc1Cl. The highest BCUT2D eigenvalue weighted by Gasteiger charge is 2.19. The summed E-state index contributed by atoms with van der Waals surface area (Å²) < 4.78 is 26.6. The Morgan fingerprint density at radius 3 is 2.83 bits per heavy atom. The summed E-state index contributed by atoms with van der Waals surface area (Å²) >= 11 is 7.26. The highest BCUT2D eigenvalue weighted by Crippen LogP contribution is 2.24. The Hall–Kier alpha value is -1.74. The summed E-state index contributed by atoms with van der Waals surface area (Å²) in [5.74, 6) is -0.462. The summed E-state index contributed by atoms with van der Waals surface area (Å²) in [7, 11) is -3.82. The van der Waals surface area contributed by atoms with Gasteiger partial charge in [0.2, 0.25) is 10.0 Å². The van der Waals surface area contributed by atoms with Crippen LogP contribution in [0.25, 0.3) is 0 Å². The molecule has 2 N–H and O–H groups in total. The number of nitrogens with one attached hydrogen (secondary N) is 2. The molecule has 0 unspecified atom stereocenters. The second-order valence-corrected chi connectivity index (χ2v) is 7.89. The zero-order chi connectivity index (χ0) is 17.0. The first-order valence-electron chi connectivity index (χ1n) is 6.47. The Morgan fingerprint density at radius 1 is 1.48 bits per heavy atom. The molecule has 0 fully saturated rings. The average molecular weight is 372 g/mol. The van der Waals surface area contributed by atoms with Gasteiger partial charge in [-0.2, -0.15) is 0 Å². The molecule has 1 heterocycles. The molecule has 0 bridgehead atoms. The molecule has 2 rings (SSSR count). The number of anilines is 1. The molecule has 0 spiro atoms. The third-order valence-corrected chi connectivity index (χ3v) is 5.48. The van der Waals surface area contributed by atoms with Gasteiger partial charge in [-0.25, -0.2) is 18.1 Å². The van der Waals surface area contributed by atoms with Crippen molar-refractivity contribution in [3.8, 4) is 0 Å². The van der Waals surface area contributed by atoms with Crippen LogP contribution < -0.4 is 10.0 Å². The van der Waals surface area contributed by atoms with Crippen molar-refractivity contribution >= 4 is 44.0 Å². The first kappa shape index (κ1) is 17.6. The van der Waals surface area contributed by atoms with Crippen molar-refractivity contribution in [2.45, 2.75) is 11.8 Å². The Kier molecular flexibility index (Phi) is 5.53. The summed E-state index contributed by atoms with van der Waals surface area (Å²) in [5.41, 5.74) is 0.168. The van der Waals surface area contributed by atoms with Crippen LogP contribution >= 0.6 is 22.9 Å². The predicted octanol–water partition coefficient (Wildman–Crippen LogP) is 2.82. The Balaban J connectivity index is 2.29. The quantitative estimate of drug-likeness (QED) is 0.764. The Labute approximate surface area is 143 Å². The van der Waals surface area contributed by atoms with E-state index in [-0.39, 0.29) is 22.0 Å². The van der Waals surface area contributed by atoms with Crippen molar-refractivity contribution < 1.29 is 13.2 Å². The smallest absolute Gasteiger partial charge is 0.257 e. The third-order valence-electron chi connectivity index (χ3n) is 2.74. The molecular weight excluding hydrogens is 358 g/mol. The maximum absolute atomic E-state index is 12.2. The third kappa shape index (κ3) is 4.38. The largest absolute Gasteiger partial charge is 0.298 e. The van der Waals surface area contributed by atoms with Gasteiger partial charge < -0.3 is 0 Å². The van der Waals surface area contributed by atoms with Gasteiger partial charge in [-0.15, -0.1) is 17.9 Å².